The Hall–Kier alpha value is -0.0800. The Balaban J connectivity index is 3.46. The molecule has 0 aromatic heterocycles. The Labute approximate surface area is 50.7 Å². The Morgan fingerprint density at radius 1 is 1.50 bits per heavy atom. The van der Waals surface area contributed by atoms with Gasteiger partial charge in [0.15, 0.2) is 0 Å². The van der Waals surface area contributed by atoms with Crippen LogP contribution in [0.2, 0.25) is 0 Å². The molecule has 0 amide bonds. The summed E-state index contributed by atoms with van der Waals surface area (Å²) < 4.78 is 0. The average Bonchev–Trinajstić information content (AvgIpc) is 1.64. The molecule has 1 radical (unpaired) electrons. The van der Waals surface area contributed by atoms with Crippen molar-refractivity contribution >= 4 is 0 Å². The zero-order valence-electron chi connectivity index (χ0n) is 5.46. The van der Waals surface area contributed by atoms with E-state index >= 15 is 0 Å². The largest absolute Gasteiger partial charge is 0.392 e. The van der Waals surface area contributed by atoms with Crippen LogP contribution in [0.5, 0.6) is 0 Å². The maximum Gasteiger partial charge on any atom is 0.0694 e. The highest BCUT2D eigenvalue weighted by molar-refractivity contribution is 4.75. The topological polar surface area (TPSA) is 46.2 Å². The average molecular weight is 116 g/mol. The molecule has 0 saturated carbocycles. The quantitative estimate of drug-likeness (QED) is 0.540. The SMILES string of the molecule is [CH2]C(O)C(N)C(C)C. The fourth-order valence-electron chi connectivity index (χ4n) is 0.444. The number of aliphatic hydroxyl groups is 1. The van der Waals surface area contributed by atoms with Crippen molar-refractivity contribution < 1.29 is 5.11 Å². The highest BCUT2D eigenvalue weighted by Gasteiger charge is 2.12. The van der Waals surface area contributed by atoms with Gasteiger partial charge in [-0.15, -0.1) is 0 Å². The predicted octanol–water partition coefficient (Wildman–Crippen LogP) is 0.165. The smallest absolute Gasteiger partial charge is 0.0694 e. The fraction of sp³-hybridized carbons (Fsp3) is 0.833. The summed E-state index contributed by atoms with van der Waals surface area (Å²) in [4.78, 5) is 0. The van der Waals surface area contributed by atoms with Gasteiger partial charge in [0.25, 0.3) is 0 Å². The summed E-state index contributed by atoms with van der Waals surface area (Å²) >= 11 is 0. The minimum Gasteiger partial charge on any atom is -0.392 e. The molecule has 0 aliphatic heterocycles. The van der Waals surface area contributed by atoms with Gasteiger partial charge in [0.05, 0.1) is 6.10 Å². The van der Waals surface area contributed by atoms with E-state index in [1.54, 1.807) is 0 Å². The van der Waals surface area contributed by atoms with Gasteiger partial charge in [0.2, 0.25) is 0 Å². The second-order valence-corrected chi connectivity index (χ2v) is 2.39. The molecule has 2 heteroatoms. The molecule has 49 valence electrons. The van der Waals surface area contributed by atoms with Gasteiger partial charge in [0.1, 0.15) is 0 Å². The molecule has 2 unspecified atom stereocenters. The maximum atomic E-state index is 8.76. The predicted molar refractivity (Wildman–Crippen MR) is 34.2 cm³/mol. The molecule has 0 aliphatic rings. The maximum absolute atomic E-state index is 8.76. The van der Waals surface area contributed by atoms with Crippen LogP contribution in [0.25, 0.3) is 0 Å². The molecule has 8 heavy (non-hydrogen) atoms. The number of nitrogens with two attached hydrogens (primary N) is 1. The molecule has 2 nitrogen and oxygen atoms in total. The van der Waals surface area contributed by atoms with Crippen LogP contribution in [0.3, 0.4) is 0 Å². The standard InChI is InChI=1S/C6H14NO/c1-4(2)6(7)5(3)8/h4-6,8H,3,7H2,1-2H3. The van der Waals surface area contributed by atoms with Gasteiger partial charge in [-0.1, -0.05) is 13.8 Å². The van der Waals surface area contributed by atoms with Crippen molar-refractivity contribution in [1.29, 1.82) is 0 Å². The first-order valence-electron chi connectivity index (χ1n) is 2.82. The molecule has 3 N–H and O–H groups in total. The van der Waals surface area contributed by atoms with Crippen LogP contribution >= 0.6 is 0 Å². The van der Waals surface area contributed by atoms with Crippen LogP contribution in [-0.2, 0) is 0 Å². The van der Waals surface area contributed by atoms with E-state index in [2.05, 4.69) is 6.92 Å². The van der Waals surface area contributed by atoms with Gasteiger partial charge in [-0.05, 0) is 12.8 Å². The van der Waals surface area contributed by atoms with Crippen molar-refractivity contribution in [3.05, 3.63) is 6.92 Å². The summed E-state index contributed by atoms with van der Waals surface area (Å²) in [5.41, 5.74) is 5.45. The van der Waals surface area contributed by atoms with Crippen molar-refractivity contribution in [3.8, 4) is 0 Å². The summed E-state index contributed by atoms with van der Waals surface area (Å²) in [6.07, 6.45) is -0.630. The molecule has 0 saturated heterocycles. The summed E-state index contributed by atoms with van der Waals surface area (Å²) in [5.74, 6) is 0.308. The van der Waals surface area contributed by atoms with E-state index < -0.39 is 6.10 Å². The van der Waals surface area contributed by atoms with Crippen molar-refractivity contribution in [2.45, 2.75) is 26.0 Å². The number of hydrogen-bond acceptors (Lipinski definition) is 2. The molecular formula is C6H14NO. The molecular weight excluding hydrogens is 102 g/mol. The first-order valence-corrected chi connectivity index (χ1v) is 2.82. The number of aliphatic hydroxyl groups excluding tert-OH is 1. The van der Waals surface area contributed by atoms with E-state index in [9.17, 15) is 0 Å². The molecule has 0 heterocycles. The lowest BCUT2D eigenvalue weighted by Gasteiger charge is -2.17. The van der Waals surface area contributed by atoms with Crippen LogP contribution in [0.1, 0.15) is 13.8 Å². The summed E-state index contributed by atoms with van der Waals surface area (Å²) in [6.45, 7) is 7.30. The van der Waals surface area contributed by atoms with E-state index in [1.165, 1.54) is 0 Å². The van der Waals surface area contributed by atoms with E-state index in [-0.39, 0.29) is 6.04 Å². The van der Waals surface area contributed by atoms with Gasteiger partial charge < -0.3 is 10.8 Å². The summed E-state index contributed by atoms with van der Waals surface area (Å²) in [7, 11) is 0. The van der Waals surface area contributed by atoms with Crippen molar-refractivity contribution in [1.82, 2.24) is 0 Å². The van der Waals surface area contributed by atoms with E-state index in [1.807, 2.05) is 13.8 Å². The highest BCUT2D eigenvalue weighted by atomic mass is 16.3. The van der Waals surface area contributed by atoms with Gasteiger partial charge in [-0.2, -0.15) is 0 Å². The Morgan fingerprint density at radius 3 is 1.88 bits per heavy atom. The minimum absolute atomic E-state index is 0.185. The third kappa shape index (κ3) is 2.28. The van der Waals surface area contributed by atoms with Crippen LogP contribution in [0.15, 0.2) is 0 Å². The molecule has 0 aromatic carbocycles. The van der Waals surface area contributed by atoms with Gasteiger partial charge in [-0.3, -0.25) is 0 Å². The van der Waals surface area contributed by atoms with Gasteiger partial charge in [0, 0.05) is 6.04 Å². The van der Waals surface area contributed by atoms with Crippen molar-refractivity contribution in [2.75, 3.05) is 0 Å². The third-order valence-electron chi connectivity index (χ3n) is 1.21. The Kier molecular flexibility index (Phi) is 3.02. The highest BCUT2D eigenvalue weighted by Crippen LogP contribution is 2.01. The summed E-state index contributed by atoms with van der Waals surface area (Å²) in [5, 5.41) is 8.76. The summed E-state index contributed by atoms with van der Waals surface area (Å²) in [6, 6.07) is -0.185. The second kappa shape index (κ2) is 3.05. The van der Waals surface area contributed by atoms with E-state index in [0.29, 0.717) is 5.92 Å². The van der Waals surface area contributed by atoms with Gasteiger partial charge in [-0.25, -0.2) is 0 Å². The fourth-order valence-corrected chi connectivity index (χ4v) is 0.444. The Bertz CT molecular complexity index is 53.5. The first kappa shape index (κ1) is 7.92. The van der Waals surface area contributed by atoms with Crippen LogP contribution in [0, 0.1) is 12.8 Å². The number of hydrogen-bond donors (Lipinski definition) is 2. The van der Waals surface area contributed by atoms with E-state index in [0.717, 1.165) is 0 Å². The minimum atomic E-state index is -0.630. The molecule has 0 aliphatic carbocycles. The molecule has 0 bridgehead atoms. The second-order valence-electron chi connectivity index (χ2n) is 2.39. The van der Waals surface area contributed by atoms with Crippen LogP contribution < -0.4 is 5.73 Å². The zero-order valence-corrected chi connectivity index (χ0v) is 5.46. The van der Waals surface area contributed by atoms with Crippen molar-refractivity contribution in [2.24, 2.45) is 11.7 Å². The lowest BCUT2D eigenvalue weighted by Crippen LogP contribution is -2.37. The normalized spacial score (nSPS) is 18.8. The zero-order chi connectivity index (χ0) is 6.73. The van der Waals surface area contributed by atoms with Crippen molar-refractivity contribution in [3.63, 3.8) is 0 Å². The molecule has 0 fully saturated rings. The molecule has 0 rings (SSSR count). The molecule has 2 atom stereocenters. The molecule has 0 spiro atoms. The van der Waals surface area contributed by atoms with Gasteiger partial charge >= 0.3 is 0 Å². The first-order chi connectivity index (χ1) is 3.55. The lowest BCUT2D eigenvalue weighted by atomic mass is 10.0. The van der Waals surface area contributed by atoms with E-state index in [4.69, 9.17) is 10.8 Å². The molecule has 0 aromatic rings. The third-order valence-corrected chi connectivity index (χ3v) is 1.21. The monoisotopic (exact) mass is 116 g/mol. The Morgan fingerprint density at radius 2 is 1.88 bits per heavy atom. The van der Waals surface area contributed by atoms with Crippen LogP contribution in [0.4, 0.5) is 0 Å². The lowest BCUT2D eigenvalue weighted by molar-refractivity contribution is 0.166. The van der Waals surface area contributed by atoms with Crippen LogP contribution in [-0.4, -0.2) is 17.3 Å². The number of rotatable bonds is 2.